The van der Waals surface area contributed by atoms with Crippen LogP contribution in [-0.4, -0.2) is 20.2 Å². The maximum atomic E-state index is 6.31. The molecule has 174 valence electrons. The summed E-state index contributed by atoms with van der Waals surface area (Å²) in [6.07, 6.45) is 11.5. The molecule has 0 atom stereocenters. The fourth-order valence-corrected chi connectivity index (χ4v) is 5.32. The molecule has 0 saturated heterocycles. The standard InChI is InChI=1S/C26H33ClN6/c1-15-11-23(16(2)10-21(15)20-8-6-19(7-9-20)13-18-4-5-18)29-26-28-14-22(27)25(31-26)30-24-12-17(3)32-33-24/h10-12,14,18-20H,4-9,13H2,1-3H3,(H3,28,29,30,31,32,33). The van der Waals surface area contributed by atoms with Gasteiger partial charge in [0.1, 0.15) is 5.02 Å². The Hall–Kier alpha value is -2.60. The number of benzene rings is 1. The fourth-order valence-electron chi connectivity index (χ4n) is 5.19. The maximum Gasteiger partial charge on any atom is 0.229 e. The summed E-state index contributed by atoms with van der Waals surface area (Å²) in [5.74, 6) is 4.40. The SMILES string of the molecule is Cc1cc(Nc2nc(Nc3cc(C)c(C4CCC(CC5CC5)CC4)cc3C)ncc2Cl)n[nH]1. The van der Waals surface area contributed by atoms with Gasteiger partial charge in [-0.25, -0.2) is 4.98 Å². The summed E-state index contributed by atoms with van der Waals surface area (Å²) in [7, 11) is 0. The zero-order valence-corrected chi connectivity index (χ0v) is 20.5. The van der Waals surface area contributed by atoms with Crippen LogP contribution in [0.15, 0.2) is 24.4 Å². The second-order valence-electron chi connectivity index (χ2n) is 10.00. The predicted octanol–water partition coefficient (Wildman–Crippen LogP) is 7.34. The molecule has 2 aliphatic carbocycles. The first kappa shape index (κ1) is 22.2. The second kappa shape index (κ2) is 9.34. The van der Waals surface area contributed by atoms with Crippen LogP contribution in [0, 0.1) is 32.6 Å². The van der Waals surface area contributed by atoms with Crippen molar-refractivity contribution in [3.8, 4) is 0 Å². The summed E-state index contributed by atoms with van der Waals surface area (Å²) < 4.78 is 0. The Bertz CT molecular complexity index is 1130. The van der Waals surface area contributed by atoms with E-state index >= 15 is 0 Å². The molecule has 1 aromatic carbocycles. The summed E-state index contributed by atoms with van der Waals surface area (Å²) in [5.41, 5.74) is 6.06. The number of rotatable bonds is 7. The number of anilines is 4. The van der Waals surface area contributed by atoms with Gasteiger partial charge < -0.3 is 10.6 Å². The number of nitrogens with zero attached hydrogens (tertiary/aromatic N) is 3. The lowest BCUT2D eigenvalue weighted by Crippen LogP contribution is -2.15. The lowest BCUT2D eigenvalue weighted by Gasteiger charge is -2.30. The summed E-state index contributed by atoms with van der Waals surface area (Å²) in [6.45, 7) is 6.33. The molecule has 2 aromatic heterocycles. The molecule has 33 heavy (non-hydrogen) atoms. The molecule has 3 aromatic rings. The average molecular weight is 465 g/mol. The van der Waals surface area contributed by atoms with Crippen molar-refractivity contribution in [3.63, 3.8) is 0 Å². The van der Waals surface area contributed by atoms with E-state index in [-0.39, 0.29) is 0 Å². The van der Waals surface area contributed by atoms with E-state index in [1.807, 2.05) is 13.0 Å². The molecule has 0 unspecified atom stereocenters. The molecular weight excluding hydrogens is 432 g/mol. The van der Waals surface area contributed by atoms with E-state index in [4.69, 9.17) is 11.6 Å². The Kier molecular flexibility index (Phi) is 6.28. The first-order chi connectivity index (χ1) is 15.9. The molecule has 7 heteroatoms. The highest BCUT2D eigenvalue weighted by Crippen LogP contribution is 2.44. The van der Waals surface area contributed by atoms with Gasteiger partial charge in [0, 0.05) is 17.4 Å². The summed E-state index contributed by atoms with van der Waals surface area (Å²) in [4.78, 5) is 8.95. The van der Waals surface area contributed by atoms with Crippen molar-refractivity contribution in [1.29, 1.82) is 0 Å². The molecule has 0 spiro atoms. The highest BCUT2D eigenvalue weighted by Gasteiger charge is 2.29. The van der Waals surface area contributed by atoms with Crippen LogP contribution in [0.25, 0.3) is 0 Å². The quantitative estimate of drug-likeness (QED) is 0.341. The van der Waals surface area contributed by atoms with Gasteiger partial charge in [-0.3, -0.25) is 5.10 Å². The lowest BCUT2D eigenvalue weighted by atomic mass is 9.75. The van der Waals surface area contributed by atoms with Crippen LogP contribution in [0.3, 0.4) is 0 Å². The van der Waals surface area contributed by atoms with Gasteiger partial charge >= 0.3 is 0 Å². The molecule has 2 fully saturated rings. The molecule has 6 nitrogen and oxygen atoms in total. The van der Waals surface area contributed by atoms with Crippen molar-refractivity contribution in [3.05, 3.63) is 51.8 Å². The minimum Gasteiger partial charge on any atom is -0.324 e. The van der Waals surface area contributed by atoms with Crippen molar-refractivity contribution < 1.29 is 0 Å². The third-order valence-corrected chi connectivity index (χ3v) is 7.48. The molecule has 5 rings (SSSR count). The number of nitrogens with one attached hydrogen (secondary N) is 3. The number of aromatic amines is 1. The summed E-state index contributed by atoms with van der Waals surface area (Å²) in [5, 5.41) is 14.1. The molecule has 2 aliphatic rings. The van der Waals surface area contributed by atoms with Crippen molar-refractivity contribution in [2.24, 2.45) is 11.8 Å². The Labute approximate surface area is 201 Å². The number of aryl methyl sites for hydroxylation is 3. The molecule has 0 bridgehead atoms. The zero-order chi connectivity index (χ0) is 22.9. The van der Waals surface area contributed by atoms with Crippen molar-refractivity contribution in [1.82, 2.24) is 20.2 Å². The number of halogens is 1. The largest absolute Gasteiger partial charge is 0.324 e. The van der Waals surface area contributed by atoms with Gasteiger partial charge in [0.15, 0.2) is 11.6 Å². The molecule has 0 amide bonds. The fraction of sp³-hybridized carbons (Fsp3) is 0.500. The van der Waals surface area contributed by atoms with Crippen LogP contribution in [0.5, 0.6) is 0 Å². The van der Waals surface area contributed by atoms with E-state index in [0.29, 0.717) is 28.5 Å². The van der Waals surface area contributed by atoms with Crippen LogP contribution in [0.4, 0.5) is 23.3 Å². The maximum absolute atomic E-state index is 6.31. The second-order valence-corrected chi connectivity index (χ2v) is 10.4. The third-order valence-electron chi connectivity index (χ3n) is 7.21. The average Bonchev–Trinajstić information content (AvgIpc) is 3.52. The van der Waals surface area contributed by atoms with E-state index in [1.54, 1.807) is 6.20 Å². The molecule has 2 saturated carbocycles. The van der Waals surface area contributed by atoms with Crippen molar-refractivity contribution in [2.45, 2.75) is 71.6 Å². The number of aromatic nitrogens is 4. The molecule has 0 aliphatic heterocycles. The Morgan fingerprint density at radius 1 is 0.939 bits per heavy atom. The van der Waals surface area contributed by atoms with Crippen LogP contribution in [-0.2, 0) is 0 Å². The normalized spacial score (nSPS) is 20.6. The number of hydrogen-bond donors (Lipinski definition) is 3. The van der Waals surface area contributed by atoms with Crippen molar-refractivity contribution >= 4 is 34.9 Å². The highest BCUT2D eigenvalue weighted by molar-refractivity contribution is 6.32. The third kappa shape index (κ3) is 5.32. The first-order valence-electron chi connectivity index (χ1n) is 12.1. The number of hydrogen-bond acceptors (Lipinski definition) is 5. The zero-order valence-electron chi connectivity index (χ0n) is 19.7. The lowest BCUT2D eigenvalue weighted by molar-refractivity contribution is 0.299. The van der Waals surface area contributed by atoms with Gasteiger partial charge in [0.25, 0.3) is 0 Å². The van der Waals surface area contributed by atoms with Crippen LogP contribution >= 0.6 is 11.6 Å². The topological polar surface area (TPSA) is 78.5 Å². The predicted molar refractivity (Wildman–Crippen MR) is 135 cm³/mol. The summed E-state index contributed by atoms with van der Waals surface area (Å²) >= 11 is 6.31. The molecular formula is C26H33ClN6. The smallest absolute Gasteiger partial charge is 0.229 e. The molecule has 2 heterocycles. The number of H-pyrrole nitrogens is 1. The highest BCUT2D eigenvalue weighted by atomic mass is 35.5. The van der Waals surface area contributed by atoms with Crippen LogP contribution in [0.2, 0.25) is 5.02 Å². The minimum atomic E-state index is 0.446. The van der Waals surface area contributed by atoms with Crippen molar-refractivity contribution in [2.75, 3.05) is 10.6 Å². The van der Waals surface area contributed by atoms with E-state index in [2.05, 4.69) is 56.8 Å². The van der Waals surface area contributed by atoms with Gasteiger partial charge in [-0.05, 0) is 93.4 Å². The van der Waals surface area contributed by atoms with E-state index in [1.165, 1.54) is 61.6 Å². The van der Waals surface area contributed by atoms with Gasteiger partial charge in [0.05, 0.1) is 6.20 Å². The summed E-state index contributed by atoms with van der Waals surface area (Å²) in [6, 6.07) is 6.51. The van der Waals surface area contributed by atoms with E-state index in [9.17, 15) is 0 Å². The van der Waals surface area contributed by atoms with Gasteiger partial charge in [-0.2, -0.15) is 10.1 Å². The van der Waals surface area contributed by atoms with Gasteiger partial charge in [0.2, 0.25) is 5.95 Å². The first-order valence-corrected chi connectivity index (χ1v) is 12.5. The monoisotopic (exact) mass is 464 g/mol. The minimum absolute atomic E-state index is 0.446. The van der Waals surface area contributed by atoms with Gasteiger partial charge in [-0.15, -0.1) is 0 Å². The molecule has 3 N–H and O–H groups in total. The van der Waals surface area contributed by atoms with E-state index in [0.717, 1.165) is 23.2 Å². The van der Waals surface area contributed by atoms with Crippen LogP contribution in [0.1, 0.15) is 73.2 Å². The molecule has 0 radical (unpaired) electrons. The Morgan fingerprint density at radius 2 is 1.67 bits per heavy atom. The van der Waals surface area contributed by atoms with Gasteiger partial charge in [-0.1, -0.05) is 30.5 Å². The van der Waals surface area contributed by atoms with E-state index < -0.39 is 0 Å². The van der Waals surface area contributed by atoms with Crippen LogP contribution < -0.4 is 10.6 Å². The Balaban J connectivity index is 1.28. The Morgan fingerprint density at radius 3 is 2.33 bits per heavy atom.